The van der Waals surface area contributed by atoms with Gasteiger partial charge in [-0.2, -0.15) is 13.2 Å². The Morgan fingerprint density at radius 3 is 2.39 bits per heavy atom. The molecular formula is C15H17F3N2O2S. The third kappa shape index (κ3) is 4.22. The Hall–Kier alpha value is -2.09. The van der Waals surface area contributed by atoms with Crippen LogP contribution in [0.4, 0.5) is 18.9 Å². The number of halogens is 3. The van der Waals surface area contributed by atoms with Gasteiger partial charge in [-0.15, -0.1) is 11.3 Å². The average Bonchev–Trinajstić information content (AvgIpc) is 3.00. The molecule has 0 spiro atoms. The van der Waals surface area contributed by atoms with E-state index in [4.69, 9.17) is 5.73 Å². The Balaban J connectivity index is 0.00000127. The lowest BCUT2D eigenvalue weighted by atomic mass is 10.0. The van der Waals surface area contributed by atoms with Crippen LogP contribution in [0.15, 0.2) is 17.5 Å². The molecule has 2 aromatic rings. The van der Waals surface area contributed by atoms with Gasteiger partial charge in [-0.1, -0.05) is 13.8 Å². The van der Waals surface area contributed by atoms with Crippen molar-refractivity contribution in [3.8, 4) is 10.6 Å². The highest BCUT2D eigenvalue weighted by molar-refractivity contribution is 7.13. The number of alkyl halides is 3. The highest BCUT2D eigenvalue weighted by Crippen LogP contribution is 2.35. The largest absolute Gasteiger partial charge is 0.465 e. The maximum Gasteiger partial charge on any atom is 0.434 e. The maximum absolute atomic E-state index is 12.6. The van der Waals surface area contributed by atoms with E-state index < -0.39 is 17.8 Å². The van der Waals surface area contributed by atoms with Crippen LogP contribution in [0.25, 0.3) is 10.6 Å². The molecule has 0 fully saturated rings. The minimum absolute atomic E-state index is 0.131. The third-order valence-corrected chi connectivity index (χ3v) is 3.70. The van der Waals surface area contributed by atoms with Crippen LogP contribution < -0.4 is 5.73 Å². The summed E-state index contributed by atoms with van der Waals surface area (Å²) in [4.78, 5) is 15.1. The van der Waals surface area contributed by atoms with Crippen LogP contribution in [0, 0.1) is 6.92 Å². The second-order valence-corrected chi connectivity index (χ2v) is 5.14. The van der Waals surface area contributed by atoms with E-state index in [2.05, 4.69) is 9.72 Å². The summed E-state index contributed by atoms with van der Waals surface area (Å²) in [5.41, 5.74) is 6.16. The first-order valence-electron chi connectivity index (χ1n) is 6.75. The second kappa shape index (κ2) is 7.45. The third-order valence-electron chi connectivity index (χ3n) is 2.83. The van der Waals surface area contributed by atoms with Crippen molar-refractivity contribution in [3.05, 3.63) is 34.3 Å². The topological polar surface area (TPSA) is 65.2 Å². The Labute approximate surface area is 136 Å². The van der Waals surface area contributed by atoms with Crippen LogP contribution in [0.5, 0.6) is 0 Å². The molecule has 0 aliphatic rings. The van der Waals surface area contributed by atoms with E-state index >= 15 is 0 Å². The fraction of sp³-hybridized carbons (Fsp3) is 0.333. The average molecular weight is 346 g/mol. The minimum Gasteiger partial charge on any atom is -0.465 e. The SMILES string of the molecule is CC.COC(=O)c1cc(C)c(-c2nc(C(F)(F)F)cs2)cc1N. The van der Waals surface area contributed by atoms with Crippen LogP contribution in [-0.4, -0.2) is 18.1 Å². The molecule has 0 aliphatic heterocycles. The van der Waals surface area contributed by atoms with Gasteiger partial charge in [-0.25, -0.2) is 9.78 Å². The molecule has 23 heavy (non-hydrogen) atoms. The van der Waals surface area contributed by atoms with Gasteiger partial charge in [0, 0.05) is 16.6 Å². The van der Waals surface area contributed by atoms with Crippen molar-refractivity contribution >= 4 is 23.0 Å². The first-order chi connectivity index (χ1) is 10.7. The molecule has 0 bridgehead atoms. The molecule has 2 N–H and O–H groups in total. The number of nitrogens with two attached hydrogens (primary N) is 1. The van der Waals surface area contributed by atoms with Gasteiger partial charge in [0.15, 0.2) is 5.69 Å². The van der Waals surface area contributed by atoms with Gasteiger partial charge in [0.2, 0.25) is 0 Å². The predicted octanol–water partition coefficient (Wildman–Crippen LogP) is 4.53. The van der Waals surface area contributed by atoms with Gasteiger partial charge >= 0.3 is 12.1 Å². The Morgan fingerprint density at radius 1 is 1.30 bits per heavy atom. The fourth-order valence-corrected chi connectivity index (χ4v) is 2.68. The normalized spacial score (nSPS) is 10.7. The number of carbonyl (C=O) groups is 1. The maximum atomic E-state index is 12.6. The zero-order valence-electron chi connectivity index (χ0n) is 13.1. The number of thiazole rings is 1. The number of anilines is 1. The number of carbonyl (C=O) groups excluding carboxylic acids is 1. The summed E-state index contributed by atoms with van der Waals surface area (Å²) in [5, 5.41) is 1.14. The van der Waals surface area contributed by atoms with Crippen LogP contribution in [-0.2, 0) is 10.9 Å². The molecule has 0 saturated heterocycles. The van der Waals surface area contributed by atoms with Crippen molar-refractivity contribution < 1.29 is 22.7 Å². The highest BCUT2D eigenvalue weighted by Gasteiger charge is 2.34. The molecule has 0 atom stereocenters. The van der Waals surface area contributed by atoms with Crippen molar-refractivity contribution in [3.63, 3.8) is 0 Å². The van der Waals surface area contributed by atoms with Crippen molar-refractivity contribution in [2.75, 3.05) is 12.8 Å². The van der Waals surface area contributed by atoms with Crippen LogP contribution in [0.3, 0.4) is 0 Å². The van der Waals surface area contributed by atoms with E-state index in [-0.39, 0.29) is 16.3 Å². The molecule has 0 unspecified atom stereocenters. The van der Waals surface area contributed by atoms with E-state index in [1.54, 1.807) is 6.92 Å². The lowest BCUT2D eigenvalue weighted by Gasteiger charge is -2.09. The summed E-state index contributed by atoms with van der Waals surface area (Å²) in [6.45, 7) is 5.66. The first-order valence-corrected chi connectivity index (χ1v) is 7.63. The number of rotatable bonds is 2. The highest BCUT2D eigenvalue weighted by atomic mass is 32.1. The van der Waals surface area contributed by atoms with Gasteiger partial charge in [-0.05, 0) is 24.6 Å². The molecule has 0 saturated carbocycles. The van der Waals surface area contributed by atoms with Gasteiger partial charge in [0.05, 0.1) is 12.7 Å². The molecule has 1 aromatic carbocycles. The van der Waals surface area contributed by atoms with E-state index in [9.17, 15) is 18.0 Å². The number of aromatic nitrogens is 1. The molecule has 0 radical (unpaired) electrons. The number of hydrogen-bond acceptors (Lipinski definition) is 5. The number of methoxy groups -OCH3 is 1. The summed E-state index contributed by atoms with van der Waals surface area (Å²) in [5.74, 6) is -0.600. The standard InChI is InChI=1S/C13H11F3N2O2S.C2H6/c1-6-3-8(12(19)20-2)9(17)4-7(6)11-18-10(5-21-11)13(14,15)16;1-2/h3-5H,17H2,1-2H3;1-2H3. The number of hydrogen-bond donors (Lipinski definition) is 1. The van der Waals surface area contributed by atoms with Crippen molar-refractivity contribution in [1.29, 1.82) is 0 Å². The zero-order valence-corrected chi connectivity index (χ0v) is 13.9. The number of aryl methyl sites for hydroxylation is 1. The Kier molecular flexibility index (Phi) is 6.14. The van der Waals surface area contributed by atoms with E-state index in [1.807, 2.05) is 13.8 Å². The van der Waals surface area contributed by atoms with Crippen molar-refractivity contribution in [1.82, 2.24) is 4.98 Å². The Bertz CT molecular complexity index is 697. The molecule has 126 valence electrons. The van der Waals surface area contributed by atoms with Gasteiger partial charge in [-0.3, -0.25) is 0 Å². The zero-order chi connectivity index (χ0) is 17.8. The molecule has 1 aromatic heterocycles. The van der Waals surface area contributed by atoms with Crippen LogP contribution in [0.1, 0.15) is 35.5 Å². The molecule has 4 nitrogen and oxygen atoms in total. The second-order valence-electron chi connectivity index (χ2n) is 4.28. The number of benzene rings is 1. The number of esters is 1. The summed E-state index contributed by atoms with van der Waals surface area (Å²) < 4.78 is 42.3. The van der Waals surface area contributed by atoms with E-state index in [0.29, 0.717) is 11.1 Å². The number of nitrogen functional groups attached to an aromatic ring is 1. The lowest BCUT2D eigenvalue weighted by molar-refractivity contribution is -0.140. The number of nitrogens with zero attached hydrogens (tertiary/aromatic N) is 1. The van der Waals surface area contributed by atoms with Gasteiger partial charge in [0.1, 0.15) is 5.01 Å². The van der Waals surface area contributed by atoms with E-state index in [1.165, 1.54) is 19.2 Å². The van der Waals surface area contributed by atoms with Gasteiger partial charge in [0.25, 0.3) is 0 Å². The predicted molar refractivity (Wildman–Crippen MR) is 84.4 cm³/mol. The minimum atomic E-state index is -4.49. The molecule has 1 heterocycles. The fourth-order valence-electron chi connectivity index (χ4n) is 1.77. The summed E-state index contributed by atoms with van der Waals surface area (Å²) in [7, 11) is 1.22. The molecule has 0 amide bonds. The van der Waals surface area contributed by atoms with E-state index in [0.717, 1.165) is 16.7 Å². The first kappa shape index (κ1) is 19.0. The summed E-state index contributed by atoms with van der Waals surface area (Å²) >= 11 is 0.870. The molecule has 8 heteroatoms. The molecular weight excluding hydrogens is 329 g/mol. The number of ether oxygens (including phenoxy) is 1. The smallest absolute Gasteiger partial charge is 0.434 e. The monoisotopic (exact) mass is 346 g/mol. The summed E-state index contributed by atoms with van der Waals surface area (Å²) in [6, 6.07) is 2.91. The van der Waals surface area contributed by atoms with Crippen molar-refractivity contribution in [2.24, 2.45) is 0 Å². The van der Waals surface area contributed by atoms with Gasteiger partial charge < -0.3 is 10.5 Å². The van der Waals surface area contributed by atoms with Crippen LogP contribution >= 0.6 is 11.3 Å². The van der Waals surface area contributed by atoms with Crippen molar-refractivity contribution in [2.45, 2.75) is 26.9 Å². The quantitative estimate of drug-likeness (QED) is 0.641. The lowest BCUT2D eigenvalue weighted by Crippen LogP contribution is -2.07. The molecule has 0 aliphatic carbocycles. The van der Waals surface area contributed by atoms with Crippen LogP contribution in [0.2, 0.25) is 0 Å². The molecule has 2 rings (SSSR count). The summed E-state index contributed by atoms with van der Waals surface area (Å²) in [6.07, 6.45) is -4.49. The Morgan fingerprint density at radius 2 is 1.91 bits per heavy atom.